The van der Waals surface area contributed by atoms with E-state index < -0.39 is 22.0 Å². The summed E-state index contributed by atoms with van der Waals surface area (Å²) in [5, 5.41) is 11.4. The molecule has 0 unspecified atom stereocenters. The molecular formula is C15H13N5O6. The summed E-state index contributed by atoms with van der Waals surface area (Å²) in [5.74, 6) is -0.526. The number of carbonyl (C=O) groups excluding carboxylic acids is 1. The van der Waals surface area contributed by atoms with Gasteiger partial charge < -0.3 is 14.3 Å². The van der Waals surface area contributed by atoms with Crippen LogP contribution in [0.15, 0.2) is 40.4 Å². The second kappa shape index (κ2) is 6.63. The van der Waals surface area contributed by atoms with Gasteiger partial charge in [0, 0.05) is 25.4 Å². The number of carbonyl (C=O) groups is 1. The lowest BCUT2D eigenvalue weighted by Crippen LogP contribution is -2.37. The van der Waals surface area contributed by atoms with Crippen LogP contribution >= 0.6 is 0 Å². The number of ether oxygens (including phenoxy) is 1. The van der Waals surface area contributed by atoms with Gasteiger partial charge in [-0.3, -0.25) is 29.1 Å². The number of esters is 1. The number of nitro benzene ring substituents is 1. The van der Waals surface area contributed by atoms with Crippen molar-refractivity contribution in [3.63, 3.8) is 0 Å². The standard InChI is InChI=1S/C15H13N5O6/c1-9(21)26-5-4-19-11-7-12(18-3-2-16-8-18)13(20(24)25)6-10(11)17-14(22)15(19)23/h2-3,6-8H,4-5H2,1H3,(H,17,22). The number of H-pyrrole nitrogens is 1. The number of nitrogens with zero attached hydrogens (tertiary/aromatic N) is 4. The van der Waals surface area contributed by atoms with Gasteiger partial charge in [-0.15, -0.1) is 0 Å². The Bertz CT molecular complexity index is 1110. The van der Waals surface area contributed by atoms with Gasteiger partial charge >= 0.3 is 17.1 Å². The van der Waals surface area contributed by atoms with Crippen LogP contribution in [0.5, 0.6) is 0 Å². The second-order valence-electron chi connectivity index (χ2n) is 5.34. The largest absolute Gasteiger partial charge is 0.464 e. The zero-order chi connectivity index (χ0) is 18.8. The van der Waals surface area contributed by atoms with Crippen molar-refractivity contribution in [3.05, 3.63) is 61.7 Å². The molecule has 0 saturated heterocycles. The molecule has 134 valence electrons. The van der Waals surface area contributed by atoms with E-state index in [4.69, 9.17) is 4.74 Å². The Hall–Kier alpha value is -3.76. The number of imidazole rings is 1. The van der Waals surface area contributed by atoms with Crippen molar-refractivity contribution in [2.75, 3.05) is 6.61 Å². The van der Waals surface area contributed by atoms with E-state index in [1.807, 2.05) is 0 Å². The molecular weight excluding hydrogens is 346 g/mol. The molecule has 2 aromatic heterocycles. The molecule has 3 rings (SSSR count). The third-order valence-electron chi connectivity index (χ3n) is 3.67. The third kappa shape index (κ3) is 3.09. The van der Waals surface area contributed by atoms with Crippen LogP contribution in [0.2, 0.25) is 0 Å². The lowest BCUT2D eigenvalue weighted by atomic mass is 10.2. The Morgan fingerprint density at radius 3 is 2.77 bits per heavy atom. The molecule has 0 aliphatic carbocycles. The first-order valence-corrected chi connectivity index (χ1v) is 7.45. The molecule has 3 aromatic rings. The van der Waals surface area contributed by atoms with Crippen LogP contribution in [0.25, 0.3) is 16.7 Å². The average Bonchev–Trinajstić information content (AvgIpc) is 3.11. The first-order valence-electron chi connectivity index (χ1n) is 7.45. The molecule has 0 aliphatic heterocycles. The van der Waals surface area contributed by atoms with Crippen molar-refractivity contribution < 1.29 is 14.5 Å². The molecule has 11 heteroatoms. The normalized spacial score (nSPS) is 10.8. The molecule has 2 heterocycles. The number of benzene rings is 1. The van der Waals surface area contributed by atoms with Gasteiger partial charge in [0.1, 0.15) is 12.3 Å². The van der Waals surface area contributed by atoms with Crippen molar-refractivity contribution in [2.24, 2.45) is 0 Å². The monoisotopic (exact) mass is 359 g/mol. The molecule has 0 saturated carbocycles. The van der Waals surface area contributed by atoms with Crippen LogP contribution in [-0.4, -0.2) is 36.6 Å². The highest BCUT2D eigenvalue weighted by Gasteiger charge is 2.19. The number of hydrogen-bond donors (Lipinski definition) is 1. The highest BCUT2D eigenvalue weighted by molar-refractivity contribution is 5.82. The van der Waals surface area contributed by atoms with Crippen molar-refractivity contribution in [1.29, 1.82) is 0 Å². The highest BCUT2D eigenvalue weighted by atomic mass is 16.6. The van der Waals surface area contributed by atoms with Crippen LogP contribution in [0, 0.1) is 10.1 Å². The second-order valence-corrected chi connectivity index (χ2v) is 5.34. The molecule has 1 N–H and O–H groups in total. The van der Waals surface area contributed by atoms with E-state index in [0.29, 0.717) is 0 Å². The maximum Gasteiger partial charge on any atom is 0.316 e. The maximum atomic E-state index is 12.2. The summed E-state index contributed by atoms with van der Waals surface area (Å²) in [6.45, 7) is 1.03. The summed E-state index contributed by atoms with van der Waals surface area (Å²) < 4.78 is 7.35. The number of hydrogen-bond acceptors (Lipinski definition) is 7. The molecule has 0 amide bonds. The third-order valence-corrected chi connectivity index (χ3v) is 3.67. The van der Waals surface area contributed by atoms with Gasteiger partial charge in [-0.1, -0.05) is 0 Å². The fourth-order valence-corrected chi connectivity index (χ4v) is 2.55. The predicted molar refractivity (Wildman–Crippen MR) is 89.2 cm³/mol. The Morgan fingerprint density at radius 2 is 2.15 bits per heavy atom. The van der Waals surface area contributed by atoms with Crippen molar-refractivity contribution in [2.45, 2.75) is 13.5 Å². The number of aromatic nitrogens is 4. The number of aromatic amines is 1. The highest BCUT2D eigenvalue weighted by Crippen LogP contribution is 2.27. The summed E-state index contributed by atoms with van der Waals surface area (Å²) in [4.78, 5) is 52.0. The zero-order valence-electron chi connectivity index (χ0n) is 13.5. The summed E-state index contributed by atoms with van der Waals surface area (Å²) in [5.41, 5.74) is -1.49. The molecule has 0 aliphatic rings. The number of fused-ring (bicyclic) bond motifs is 1. The zero-order valence-corrected chi connectivity index (χ0v) is 13.5. The van der Waals surface area contributed by atoms with E-state index in [9.17, 15) is 24.5 Å². The minimum atomic E-state index is -0.926. The number of rotatable bonds is 5. The van der Waals surface area contributed by atoms with Crippen molar-refractivity contribution in [3.8, 4) is 5.69 Å². The topological polar surface area (TPSA) is 142 Å². The number of nitrogens with one attached hydrogen (secondary N) is 1. The van der Waals surface area contributed by atoms with Gasteiger partial charge in [0.25, 0.3) is 5.69 Å². The fourth-order valence-electron chi connectivity index (χ4n) is 2.55. The Labute approximate surface area is 144 Å². The quantitative estimate of drug-likeness (QED) is 0.300. The first-order chi connectivity index (χ1) is 12.4. The summed E-state index contributed by atoms with van der Waals surface area (Å²) in [7, 11) is 0. The lowest BCUT2D eigenvalue weighted by molar-refractivity contribution is -0.384. The molecule has 26 heavy (non-hydrogen) atoms. The Balaban J connectivity index is 2.26. The van der Waals surface area contributed by atoms with E-state index in [-0.39, 0.29) is 35.6 Å². The van der Waals surface area contributed by atoms with Crippen LogP contribution in [0.3, 0.4) is 0 Å². The molecule has 0 radical (unpaired) electrons. The summed E-state index contributed by atoms with van der Waals surface area (Å²) in [6, 6.07) is 2.58. The summed E-state index contributed by atoms with van der Waals surface area (Å²) >= 11 is 0. The van der Waals surface area contributed by atoms with Crippen molar-refractivity contribution in [1.82, 2.24) is 19.1 Å². The van der Waals surface area contributed by atoms with E-state index in [1.165, 1.54) is 42.3 Å². The minimum Gasteiger partial charge on any atom is -0.464 e. The Morgan fingerprint density at radius 1 is 1.38 bits per heavy atom. The lowest BCUT2D eigenvalue weighted by Gasteiger charge is -2.12. The van der Waals surface area contributed by atoms with E-state index in [1.54, 1.807) is 0 Å². The molecule has 0 bridgehead atoms. The van der Waals surface area contributed by atoms with E-state index in [0.717, 1.165) is 4.57 Å². The fraction of sp³-hybridized carbons (Fsp3) is 0.200. The van der Waals surface area contributed by atoms with Gasteiger partial charge in [0.15, 0.2) is 0 Å². The molecule has 0 spiro atoms. The van der Waals surface area contributed by atoms with E-state index in [2.05, 4.69) is 9.97 Å². The van der Waals surface area contributed by atoms with Crippen LogP contribution in [-0.2, 0) is 16.1 Å². The van der Waals surface area contributed by atoms with Crippen molar-refractivity contribution >= 4 is 22.7 Å². The van der Waals surface area contributed by atoms with Gasteiger partial charge in [0.05, 0.1) is 28.8 Å². The van der Waals surface area contributed by atoms with Crippen LogP contribution in [0.4, 0.5) is 5.69 Å². The maximum absolute atomic E-state index is 12.2. The molecule has 11 nitrogen and oxygen atoms in total. The first kappa shape index (κ1) is 17.1. The SMILES string of the molecule is CC(=O)OCCn1c(=O)c(=O)[nH]c2cc([N+](=O)[O-])c(-n3ccnc3)cc21. The van der Waals surface area contributed by atoms with E-state index >= 15 is 0 Å². The minimum absolute atomic E-state index is 0.0694. The average molecular weight is 359 g/mol. The van der Waals surface area contributed by atoms with Crippen LogP contribution in [0.1, 0.15) is 6.92 Å². The smallest absolute Gasteiger partial charge is 0.316 e. The Kier molecular flexibility index (Phi) is 4.35. The molecule has 1 aromatic carbocycles. The van der Waals surface area contributed by atoms with Gasteiger partial charge in [-0.2, -0.15) is 0 Å². The number of nitro groups is 1. The molecule has 0 fully saturated rings. The van der Waals surface area contributed by atoms with Crippen LogP contribution < -0.4 is 11.1 Å². The van der Waals surface area contributed by atoms with Gasteiger partial charge in [-0.05, 0) is 6.07 Å². The summed E-state index contributed by atoms with van der Waals surface area (Å²) in [6.07, 6.45) is 4.34. The molecule has 0 atom stereocenters. The van der Waals surface area contributed by atoms with Gasteiger partial charge in [0.2, 0.25) is 0 Å². The predicted octanol–water partition coefficient (Wildman–Crippen LogP) is 0.347. The van der Waals surface area contributed by atoms with Gasteiger partial charge in [-0.25, -0.2) is 4.98 Å².